The van der Waals surface area contributed by atoms with E-state index in [0.717, 1.165) is 5.56 Å². The van der Waals surface area contributed by atoms with Crippen LogP contribution in [0.2, 0.25) is 0 Å². The monoisotopic (exact) mass is 280 g/mol. The Hall–Kier alpha value is -2.68. The number of carbonyl (C=O) groups excluding carboxylic acids is 2. The summed E-state index contributed by atoms with van der Waals surface area (Å²) in [6.45, 7) is 3.67. The molecule has 3 nitrogen and oxygen atoms in total. The Morgan fingerprint density at radius 1 is 1.10 bits per heavy atom. The number of aromatic hydroxyl groups is 1. The van der Waals surface area contributed by atoms with Crippen LogP contribution in [-0.4, -0.2) is 17.2 Å². The zero-order valence-corrected chi connectivity index (χ0v) is 12.0. The maximum atomic E-state index is 12.0. The fraction of sp³-hybridized carbons (Fsp3) is 0.111. The van der Waals surface area contributed by atoms with Crippen LogP contribution in [0.1, 0.15) is 37.4 Å². The predicted molar refractivity (Wildman–Crippen MR) is 82.8 cm³/mol. The lowest BCUT2D eigenvalue weighted by Crippen LogP contribution is -1.94. The lowest BCUT2D eigenvalue weighted by molar-refractivity contribution is 0.104. The summed E-state index contributed by atoms with van der Waals surface area (Å²) < 4.78 is 0. The average molecular weight is 280 g/mol. The van der Waals surface area contributed by atoms with Crippen molar-refractivity contribution in [1.82, 2.24) is 0 Å². The number of hydrogen-bond acceptors (Lipinski definition) is 3. The van der Waals surface area contributed by atoms with Gasteiger partial charge in [-0.3, -0.25) is 9.59 Å². The molecule has 2 aromatic carbocycles. The van der Waals surface area contributed by atoms with E-state index in [1.165, 1.54) is 6.08 Å². The first kappa shape index (κ1) is 14.7. The number of aryl methyl sites for hydroxylation is 2. The molecule has 0 spiro atoms. The highest BCUT2D eigenvalue weighted by atomic mass is 16.3. The molecule has 0 aromatic heterocycles. The second-order valence-corrected chi connectivity index (χ2v) is 4.96. The molecular weight excluding hydrogens is 264 g/mol. The number of hydrogen-bond donors (Lipinski definition) is 1. The number of rotatable bonds is 4. The van der Waals surface area contributed by atoms with Gasteiger partial charge in [-0.25, -0.2) is 0 Å². The van der Waals surface area contributed by atoms with Gasteiger partial charge in [-0.15, -0.1) is 0 Å². The van der Waals surface area contributed by atoms with Crippen LogP contribution < -0.4 is 0 Å². The molecule has 0 atom stereocenters. The molecule has 106 valence electrons. The quantitative estimate of drug-likeness (QED) is 0.527. The standard InChI is InChI=1S/C18H16O3/c1-12-3-6-15(7-4-12)17(20)8-5-14-9-13(2)18(21)16(10-14)11-19/h3-11,21H,1-2H3/b8-5+. The third kappa shape index (κ3) is 3.45. The summed E-state index contributed by atoms with van der Waals surface area (Å²) in [5.41, 5.74) is 3.23. The summed E-state index contributed by atoms with van der Waals surface area (Å²) in [4.78, 5) is 22.9. The molecule has 0 aliphatic carbocycles. The molecule has 0 saturated carbocycles. The van der Waals surface area contributed by atoms with E-state index in [1.807, 2.05) is 19.1 Å². The lowest BCUT2D eigenvalue weighted by atomic mass is 10.0. The van der Waals surface area contributed by atoms with Gasteiger partial charge in [0.2, 0.25) is 0 Å². The van der Waals surface area contributed by atoms with Crippen LogP contribution in [0.3, 0.4) is 0 Å². The summed E-state index contributed by atoms with van der Waals surface area (Å²) in [5.74, 6) is -0.125. The van der Waals surface area contributed by atoms with Gasteiger partial charge in [-0.1, -0.05) is 35.9 Å². The van der Waals surface area contributed by atoms with Crippen molar-refractivity contribution < 1.29 is 14.7 Å². The van der Waals surface area contributed by atoms with Crippen LogP contribution >= 0.6 is 0 Å². The van der Waals surface area contributed by atoms with Gasteiger partial charge in [-0.2, -0.15) is 0 Å². The van der Waals surface area contributed by atoms with Crippen molar-refractivity contribution in [3.05, 3.63) is 70.3 Å². The summed E-state index contributed by atoms with van der Waals surface area (Å²) in [6.07, 6.45) is 3.70. The highest BCUT2D eigenvalue weighted by Gasteiger charge is 2.05. The van der Waals surface area contributed by atoms with Gasteiger partial charge in [0, 0.05) is 5.56 Å². The fourth-order valence-corrected chi connectivity index (χ4v) is 2.01. The molecule has 21 heavy (non-hydrogen) atoms. The van der Waals surface area contributed by atoms with Gasteiger partial charge in [-0.05, 0) is 43.2 Å². The van der Waals surface area contributed by atoms with Gasteiger partial charge >= 0.3 is 0 Å². The van der Waals surface area contributed by atoms with Crippen molar-refractivity contribution in [3.8, 4) is 5.75 Å². The molecule has 0 unspecified atom stereocenters. The van der Waals surface area contributed by atoms with Gasteiger partial charge in [0.1, 0.15) is 5.75 Å². The second-order valence-electron chi connectivity index (χ2n) is 4.96. The minimum atomic E-state index is -0.103. The fourth-order valence-electron chi connectivity index (χ4n) is 2.01. The number of ketones is 1. The molecule has 0 fully saturated rings. The summed E-state index contributed by atoms with van der Waals surface area (Å²) in [7, 11) is 0. The molecule has 0 amide bonds. The van der Waals surface area contributed by atoms with E-state index in [0.29, 0.717) is 23.0 Å². The number of phenolic OH excluding ortho intramolecular Hbond substituents is 1. The highest BCUT2D eigenvalue weighted by molar-refractivity contribution is 6.06. The van der Waals surface area contributed by atoms with Crippen LogP contribution in [0.4, 0.5) is 0 Å². The molecule has 2 rings (SSSR count). The highest BCUT2D eigenvalue weighted by Crippen LogP contribution is 2.23. The van der Waals surface area contributed by atoms with E-state index in [2.05, 4.69) is 0 Å². The second kappa shape index (κ2) is 6.18. The molecule has 0 saturated heterocycles. The van der Waals surface area contributed by atoms with Crippen molar-refractivity contribution in [3.63, 3.8) is 0 Å². The zero-order valence-electron chi connectivity index (χ0n) is 12.0. The molecule has 2 aromatic rings. The van der Waals surface area contributed by atoms with Crippen LogP contribution in [0.15, 0.2) is 42.5 Å². The maximum absolute atomic E-state index is 12.0. The average Bonchev–Trinajstić information content (AvgIpc) is 2.48. The lowest BCUT2D eigenvalue weighted by Gasteiger charge is -2.04. The Bertz CT molecular complexity index is 710. The van der Waals surface area contributed by atoms with Gasteiger partial charge in [0.05, 0.1) is 5.56 Å². The van der Waals surface area contributed by atoms with E-state index in [4.69, 9.17) is 0 Å². The summed E-state index contributed by atoms with van der Waals surface area (Å²) >= 11 is 0. The minimum absolute atomic E-state index is 0.0213. The Balaban J connectivity index is 2.25. The first-order chi connectivity index (χ1) is 10.0. The molecule has 0 bridgehead atoms. The molecule has 1 N–H and O–H groups in total. The van der Waals surface area contributed by atoms with Gasteiger partial charge in [0.15, 0.2) is 12.1 Å². The number of phenols is 1. The zero-order chi connectivity index (χ0) is 15.4. The van der Waals surface area contributed by atoms with Crippen molar-refractivity contribution in [2.45, 2.75) is 13.8 Å². The maximum Gasteiger partial charge on any atom is 0.185 e. The first-order valence-corrected chi connectivity index (χ1v) is 6.59. The smallest absolute Gasteiger partial charge is 0.185 e. The predicted octanol–water partition coefficient (Wildman–Crippen LogP) is 3.72. The minimum Gasteiger partial charge on any atom is -0.507 e. The van der Waals surface area contributed by atoms with Crippen molar-refractivity contribution in [2.24, 2.45) is 0 Å². The molecule has 0 aliphatic rings. The molecule has 0 aliphatic heterocycles. The van der Waals surface area contributed by atoms with Crippen LogP contribution in [0.5, 0.6) is 5.75 Å². The van der Waals surface area contributed by atoms with E-state index in [9.17, 15) is 14.7 Å². The number of carbonyl (C=O) groups is 2. The molecule has 3 heteroatoms. The van der Waals surface area contributed by atoms with Crippen LogP contribution in [-0.2, 0) is 0 Å². The third-order valence-electron chi connectivity index (χ3n) is 3.24. The van der Waals surface area contributed by atoms with Crippen molar-refractivity contribution in [2.75, 3.05) is 0 Å². The first-order valence-electron chi connectivity index (χ1n) is 6.59. The van der Waals surface area contributed by atoms with E-state index in [1.54, 1.807) is 37.3 Å². The Kier molecular flexibility index (Phi) is 4.33. The molecule has 0 heterocycles. The van der Waals surface area contributed by atoms with E-state index in [-0.39, 0.29) is 17.1 Å². The number of allylic oxidation sites excluding steroid dienone is 1. The van der Waals surface area contributed by atoms with Crippen LogP contribution in [0.25, 0.3) is 6.08 Å². The summed E-state index contributed by atoms with van der Waals surface area (Å²) in [6, 6.07) is 10.6. The Labute approximate surface area is 123 Å². The molecular formula is C18H16O3. The van der Waals surface area contributed by atoms with E-state index < -0.39 is 0 Å². The van der Waals surface area contributed by atoms with Gasteiger partial charge < -0.3 is 5.11 Å². The largest absolute Gasteiger partial charge is 0.507 e. The summed E-state index contributed by atoms with van der Waals surface area (Å²) in [5, 5.41) is 9.68. The van der Waals surface area contributed by atoms with Gasteiger partial charge in [0.25, 0.3) is 0 Å². The Morgan fingerprint density at radius 3 is 2.38 bits per heavy atom. The third-order valence-corrected chi connectivity index (χ3v) is 3.24. The van der Waals surface area contributed by atoms with Crippen molar-refractivity contribution in [1.29, 1.82) is 0 Å². The van der Waals surface area contributed by atoms with Crippen molar-refractivity contribution >= 4 is 18.1 Å². The SMILES string of the molecule is Cc1ccc(C(=O)/C=C/c2cc(C)c(O)c(C=O)c2)cc1. The number of aldehydes is 1. The number of benzene rings is 2. The topological polar surface area (TPSA) is 54.4 Å². The van der Waals surface area contributed by atoms with Crippen LogP contribution in [0, 0.1) is 13.8 Å². The molecule has 0 radical (unpaired) electrons. The Morgan fingerprint density at radius 2 is 1.76 bits per heavy atom. The normalized spacial score (nSPS) is 10.8. The van der Waals surface area contributed by atoms with E-state index >= 15 is 0 Å².